The molecule has 0 aromatic heterocycles. The first kappa shape index (κ1) is 15.4. The summed E-state index contributed by atoms with van der Waals surface area (Å²) in [6.45, 7) is 3.73. The molecular weight excluding hydrogens is 326 g/mol. The molecule has 2 heterocycles. The Morgan fingerprint density at radius 2 is 2.00 bits per heavy atom. The minimum Gasteiger partial charge on any atom is -0.481 e. The van der Waals surface area contributed by atoms with Gasteiger partial charge in [0.05, 0.1) is 0 Å². The van der Waals surface area contributed by atoms with E-state index in [4.69, 9.17) is 0 Å². The van der Waals surface area contributed by atoms with Gasteiger partial charge in [-0.1, -0.05) is 42.5 Å². The van der Waals surface area contributed by atoms with Crippen LogP contribution in [0.4, 0.5) is 0 Å². The summed E-state index contributed by atoms with van der Waals surface area (Å²) in [6, 6.07) is 14.2. The number of fused-ring (bicyclic) bond motifs is 4. The predicted octanol–water partition coefficient (Wildman–Crippen LogP) is 2.63. The Morgan fingerprint density at radius 3 is 2.88 bits per heavy atom. The Labute approximate surface area is 152 Å². The van der Waals surface area contributed by atoms with Crippen molar-refractivity contribution in [1.82, 2.24) is 10.2 Å². The molecule has 0 saturated carbocycles. The third-order valence-corrected chi connectivity index (χ3v) is 5.76. The van der Waals surface area contributed by atoms with E-state index >= 15 is 0 Å². The Morgan fingerprint density at radius 1 is 1.15 bits per heavy atom. The lowest BCUT2D eigenvalue weighted by Gasteiger charge is -2.38. The van der Waals surface area contributed by atoms with Crippen molar-refractivity contribution in [3.05, 3.63) is 59.2 Å². The molecule has 2 aromatic carbocycles. The molecule has 26 heavy (non-hydrogen) atoms. The standard InChI is InChI=1S/C21H21N3O2/c25-20(26)19-17-5-2-1-4-15(17)16-7-6-13(10-18(16)19)14-11-23-21-22-8-3-9-24(21)12-14/h1-2,4-7,10,14,19H,3,8-9,11-12H2,(H,22,23)(H,25,26). The number of nitrogens with zero attached hydrogens (tertiary/aromatic N) is 2. The highest BCUT2D eigenvalue weighted by Gasteiger charge is 2.35. The second-order valence-corrected chi connectivity index (χ2v) is 7.29. The number of guanidine groups is 1. The smallest absolute Gasteiger partial charge is 0.315 e. The van der Waals surface area contributed by atoms with Crippen LogP contribution in [-0.2, 0) is 4.79 Å². The van der Waals surface area contributed by atoms with E-state index in [1.807, 2.05) is 24.3 Å². The van der Waals surface area contributed by atoms with Crippen LogP contribution in [0.1, 0.15) is 34.9 Å². The van der Waals surface area contributed by atoms with Crippen molar-refractivity contribution in [2.75, 3.05) is 26.2 Å². The van der Waals surface area contributed by atoms with E-state index in [2.05, 4.69) is 33.4 Å². The maximum absolute atomic E-state index is 12.0. The maximum Gasteiger partial charge on any atom is 0.315 e. The summed E-state index contributed by atoms with van der Waals surface area (Å²) in [5, 5.41) is 13.3. The topological polar surface area (TPSA) is 64.9 Å². The number of hydrogen-bond donors (Lipinski definition) is 2. The van der Waals surface area contributed by atoms with Gasteiger partial charge in [0.2, 0.25) is 0 Å². The largest absolute Gasteiger partial charge is 0.481 e. The fourth-order valence-electron chi connectivity index (χ4n) is 4.51. The summed E-state index contributed by atoms with van der Waals surface area (Å²) in [6.07, 6.45) is 1.10. The minimum absolute atomic E-state index is 0.343. The van der Waals surface area contributed by atoms with Crippen molar-refractivity contribution in [1.29, 1.82) is 0 Å². The Bertz CT molecular complexity index is 921. The maximum atomic E-state index is 12.0. The monoisotopic (exact) mass is 347 g/mol. The van der Waals surface area contributed by atoms with Gasteiger partial charge in [-0.2, -0.15) is 0 Å². The van der Waals surface area contributed by atoms with E-state index in [-0.39, 0.29) is 0 Å². The minimum atomic E-state index is -0.777. The first-order valence-electron chi connectivity index (χ1n) is 9.21. The van der Waals surface area contributed by atoms with E-state index in [1.165, 1.54) is 5.56 Å². The highest BCUT2D eigenvalue weighted by molar-refractivity contribution is 5.93. The average molecular weight is 347 g/mol. The highest BCUT2D eigenvalue weighted by Crippen LogP contribution is 2.45. The third-order valence-electron chi connectivity index (χ3n) is 5.76. The van der Waals surface area contributed by atoms with Gasteiger partial charge >= 0.3 is 5.97 Å². The second kappa shape index (κ2) is 5.87. The molecule has 0 amide bonds. The number of rotatable bonds is 2. The lowest BCUT2D eigenvalue weighted by Crippen LogP contribution is -2.53. The molecule has 0 bridgehead atoms. The molecule has 132 valence electrons. The first-order chi connectivity index (χ1) is 12.7. The van der Waals surface area contributed by atoms with Crippen molar-refractivity contribution in [3.8, 4) is 11.1 Å². The zero-order valence-corrected chi connectivity index (χ0v) is 14.5. The summed E-state index contributed by atoms with van der Waals surface area (Å²) in [5.74, 6) is 0.0189. The number of aliphatic carboxylic acids is 1. The number of carbonyl (C=O) groups is 1. The highest BCUT2D eigenvalue weighted by atomic mass is 16.4. The first-order valence-corrected chi connectivity index (χ1v) is 9.21. The molecule has 5 nitrogen and oxygen atoms in total. The number of carboxylic acids is 1. The van der Waals surface area contributed by atoms with Crippen LogP contribution in [0.15, 0.2) is 47.5 Å². The van der Waals surface area contributed by atoms with Crippen molar-refractivity contribution < 1.29 is 9.90 Å². The van der Waals surface area contributed by atoms with Gasteiger partial charge in [-0.25, -0.2) is 0 Å². The molecule has 5 heteroatoms. The van der Waals surface area contributed by atoms with Crippen LogP contribution in [0.2, 0.25) is 0 Å². The van der Waals surface area contributed by atoms with Crippen LogP contribution in [-0.4, -0.2) is 48.1 Å². The lowest BCUT2D eigenvalue weighted by molar-refractivity contribution is -0.137. The SMILES string of the molecule is O=C(O)C1c2ccccc2-c2ccc(C3CNC4=NCCCN4C3)cc21. The number of hydrogen-bond acceptors (Lipinski definition) is 4. The Balaban J connectivity index is 1.51. The third kappa shape index (κ3) is 2.30. The van der Waals surface area contributed by atoms with Gasteiger partial charge in [-0.15, -0.1) is 0 Å². The quantitative estimate of drug-likeness (QED) is 0.877. The summed E-state index contributed by atoms with van der Waals surface area (Å²) >= 11 is 0. The normalized spacial score (nSPS) is 23.4. The number of aliphatic imine (C=N–C) groups is 1. The van der Waals surface area contributed by atoms with Gasteiger partial charge < -0.3 is 15.3 Å². The molecule has 2 aliphatic heterocycles. The number of nitrogens with one attached hydrogen (secondary N) is 1. The molecule has 2 N–H and O–H groups in total. The Kier molecular flexibility index (Phi) is 3.48. The molecule has 1 fully saturated rings. The molecule has 2 aromatic rings. The van der Waals surface area contributed by atoms with Gasteiger partial charge in [0, 0.05) is 32.1 Å². The van der Waals surface area contributed by atoms with E-state index in [0.717, 1.165) is 60.8 Å². The van der Waals surface area contributed by atoms with Crippen molar-refractivity contribution in [2.45, 2.75) is 18.3 Å². The van der Waals surface area contributed by atoms with Crippen molar-refractivity contribution in [3.63, 3.8) is 0 Å². The zero-order valence-electron chi connectivity index (χ0n) is 14.5. The molecule has 0 spiro atoms. The number of carboxylic acid groups (broad SMARTS) is 1. The fourth-order valence-corrected chi connectivity index (χ4v) is 4.51. The van der Waals surface area contributed by atoms with E-state index in [0.29, 0.717) is 5.92 Å². The number of benzene rings is 2. The Hall–Kier alpha value is -2.82. The van der Waals surface area contributed by atoms with Crippen LogP contribution >= 0.6 is 0 Å². The summed E-state index contributed by atoms with van der Waals surface area (Å²) in [5.41, 5.74) is 5.14. The molecule has 2 unspecified atom stereocenters. The van der Waals surface area contributed by atoms with Gasteiger partial charge in [0.1, 0.15) is 5.92 Å². The van der Waals surface area contributed by atoms with Gasteiger partial charge in [-0.05, 0) is 34.2 Å². The lowest BCUT2D eigenvalue weighted by atomic mass is 9.90. The zero-order chi connectivity index (χ0) is 17.7. The predicted molar refractivity (Wildman–Crippen MR) is 101 cm³/mol. The molecular formula is C21H21N3O2. The summed E-state index contributed by atoms with van der Waals surface area (Å²) in [7, 11) is 0. The summed E-state index contributed by atoms with van der Waals surface area (Å²) in [4.78, 5) is 18.8. The van der Waals surface area contributed by atoms with Crippen LogP contribution in [0, 0.1) is 0 Å². The van der Waals surface area contributed by atoms with Crippen LogP contribution in [0.3, 0.4) is 0 Å². The summed E-state index contributed by atoms with van der Waals surface area (Å²) < 4.78 is 0. The van der Waals surface area contributed by atoms with Gasteiger partial charge in [0.15, 0.2) is 5.96 Å². The van der Waals surface area contributed by atoms with Crippen molar-refractivity contribution in [2.24, 2.45) is 4.99 Å². The van der Waals surface area contributed by atoms with E-state index < -0.39 is 11.9 Å². The molecule has 1 aliphatic carbocycles. The second-order valence-electron chi connectivity index (χ2n) is 7.29. The van der Waals surface area contributed by atoms with E-state index in [9.17, 15) is 9.90 Å². The van der Waals surface area contributed by atoms with Crippen LogP contribution < -0.4 is 5.32 Å². The van der Waals surface area contributed by atoms with Crippen molar-refractivity contribution >= 4 is 11.9 Å². The molecule has 5 rings (SSSR count). The molecule has 2 atom stereocenters. The van der Waals surface area contributed by atoms with Crippen LogP contribution in [0.5, 0.6) is 0 Å². The molecule has 0 radical (unpaired) electrons. The van der Waals surface area contributed by atoms with Gasteiger partial charge in [-0.3, -0.25) is 9.79 Å². The fraction of sp³-hybridized carbons (Fsp3) is 0.333. The van der Waals surface area contributed by atoms with Crippen LogP contribution in [0.25, 0.3) is 11.1 Å². The van der Waals surface area contributed by atoms with Gasteiger partial charge in [0.25, 0.3) is 0 Å². The average Bonchev–Trinajstić information content (AvgIpc) is 3.01. The van der Waals surface area contributed by atoms with E-state index in [1.54, 1.807) is 0 Å². The molecule has 3 aliphatic rings. The molecule has 1 saturated heterocycles.